The third kappa shape index (κ3) is 3.73. The maximum atomic E-state index is 5.45. The molecule has 7 nitrogen and oxygen atoms in total. The monoisotopic (exact) mass is 367 g/mol. The van der Waals surface area contributed by atoms with E-state index in [1.807, 2.05) is 24.3 Å². The number of hydrogen-bond acceptors (Lipinski definition) is 7. The number of hydrogen-bond donors (Lipinski definition) is 0. The first kappa shape index (κ1) is 17.4. The first-order valence-corrected chi connectivity index (χ1v) is 8.77. The minimum Gasteiger partial charge on any atom is -0.497 e. The Morgan fingerprint density at radius 2 is 1.56 bits per heavy atom. The van der Waals surface area contributed by atoms with E-state index in [0.29, 0.717) is 23.2 Å². The number of ether oxygens (including phenoxy) is 3. The molecule has 0 aliphatic carbocycles. The molecule has 27 heavy (non-hydrogen) atoms. The van der Waals surface area contributed by atoms with Crippen molar-refractivity contribution >= 4 is 5.69 Å². The normalized spacial score (nSPS) is 14.2. The molecule has 140 valence electrons. The Labute approximate surface area is 157 Å². The van der Waals surface area contributed by atoms with Crippen LogP contribution in [0.25, 0.3) is 22.8 Å². The van der Waals surface area contributed by atoms with Gasteiger partial charge in [-0.3, -0.25) is 0 Å². The second-order valence-electron chi connectivity index (χ2n) is 6.17. The Morgan fingerprint density at radius 3 is 2.19 bits per heavy atom. The summed E-state index contributed by atoms with van der Waals surface area (Å²) < 4.78 is 21.4. The Kier molecular flexibility index (Phi) is 4.93. The van der Waals surface area contributed by atoms with Gasteiger partial charge in [-0.15, -0.1) is 0 Å². The van der Waals surface area contributed by atoms with Gasteiger partial charge in [0.05, 0.1) is 27.4 Å². The van der Waals surface area contributed by atoms with Gasteiger partial charge >= 0.3 is 0 Å². The zero-order valence-electron chi connectivity index (χ0n) is 15.3. The summed E-state index contributed by atoms with van der Waals surface area (Å²) in [7, 11) is 3.21. The quantitative estimate of drug-likeness (QED) is 0.685. The summed E-state index contributed by atoms with van der Waals surface area (Å²) in [6.07, 6.45) is 0. The number of methoxy groups -OCH3 is 2. The highest BCUT2D eigenvalue weighted by molar-refractivity contribution is 5.64. The lowest BCUT2D eigenvalue weighted by Crippen LogP contribution is -2.36. The van der Waals surface area contributed by atoms with E-state index in [1.54, 1.807) is 20.3 Å². The molecule has 0 N–H and O–H groups in total. The lowest BCUT2D eigenvalue weighted by Gasteiger charge is -2.28. The molecule has 1 aromatic heterocycles. The zero-order valence-corrected chi connectivity index (χ0v) is 15.3. The van der Waals surface area contributed by atoms with E-state index in [2.05, 4.69) is 27.2 Å². The van der Waals surface area contributed by atoms with Crippen LogP contribution >= 0.6 is 0 Å². The molecule has 0 bridgehead atoms. The van der Waals surface area contributed by atoms with Gasteiger partial charge in [-0.25, -0.2) is 0 Å². The second-order valence-corrected chi connectivity index (χ2v) is 6.17. The molecule has 2 aromatic carbocycles. The number of anilines is 1. The van der Waals surface area contributed by atoms with Crippen molar-refractivity contribution in [3.8, 4) is 34.3 Å². The molecule has 0 saturated carbocycles. The molecule has 1 aliphatic heterocycles. The van der Waals surface area contributed by atoms with E-state index in [-0.39, 0.29) is 0 Å². The fourth-order valence-electron chi connectivity index (χ4n) is 3.03. The van der Waals surface area contributed by atoms with Crippen LogP contribution in [0.1, 0.15) is 0 Å². The van der Waals surface area contributed by atoms with Crippen LogP contribution in [0, 0.1) is 0 Å². The van der Waals surface area contributed by atoms with Crippen LogP contribution < -0.4 is 14.4 Å². The Balaban J connectivity index is 1.57. The fraction of sp³-hybridized carbons (Fsp3) is 0.300. The van der Waals surface area contributed by atoms with E-state index in [1.165, 1.54) is 5.69 Å². The van der Waals surface area contributed by atoms with E-state index >= 15 is 0 Å². The number of morpholine rings is 1. The van der Waals surface area contributed by atoms with E-state index < -0.39 is 0 Å². The molecular formula is C20H21N3O4. The summed E-state index contributed by atoms with van der Waals surface area (Å²) in [5.74, 6) is 2.29. The smallest absolute Gasteiger partial charge is 0.258 e. The zero-order chi connectivity index (χ0) is 18.6. The third-order valence-corrected chi connectivity index (χ3v) is 4.53. The highest BCUT2D eigenvalue weighted by Crippen LogP contribution is 2.30. The second kappa shape index (κ2) is 7.67. The SMILES string of the molecule is COc1cc(OC)cc(-c2nc(-c3ccc(N4CCOCC4)cc3)no2)c1. The van der Waals surface area contributed by atoms with Crippen LogP contribution in [-0.4, -0.2) is 50.7 Å². The summed E-state index contributed by atoms with van der Waals surface area (Å²) in [6.45, 7) is 3.34. The predicted molar refractivity (Wildman–Crippen MR) is 101 cm³/mol. The van der Waals surface area contributed by atoms with Crippen LogP contribution in [0.3, 0.4) is 0 Å². The molecule has 1 saturated heterocycles. The predicted octanol–water partition coefficient (Wildman–Crippen LogP) is 3.26. The highest BCUT2D eigenvalue weighted by atomic mass is 16.5. The van der Waals surface area contributed by atoms with E-state index in [4.69, 9.17) is 18.7 Å². The first-order chi connectivity index (χ1) is 13.3. The summed E-state index contributed by atoms with van der Waals surface area (Å²) in [6, 6.07) is 13.6. The van der Waals surface area contributed by atoms with Gasteiger partial charge in [0.15, 0.2) is 0 Å². The molecular weight excluding hydrogens is 346 g/mol. The summed E-state index contributed by atoms with van der Waals surface area (Å²) in [4.78, 5) is 6.82. The van der Waals surface area contributed by atoms with Crippen molar-refractivity contribution in [2.24, 2.45) is 0 Å². The number of nitrogens with zero attached hydrogens (tertiary/aromatic N) is 3. The van der Waals surface area contributed by atoms with Crippen molar-refractivity contribution in [3.05, 3.63) is 42.5 Å². The van der Waals surface area contributed by atoms with Crippen LogP contribution in [0.15, 0.2) is 47.0 Å². The number of benzene rings is 2. The van der Waals surface area contributed by atoms with Gasteiger partial charge in [-0.2, -0.15) is 4.98 Å². The molecule has 0 amide bonds. The molecule has 7 heteroatoms. The number of rotatable bonds is 5. The Bertz CT molecular complexity index is 880. The Morgan fingerprint density at radius 1 is 0.889 bits per heavy atom. The minimum absolute atomic E-state index is 0.416. The summed E-state index contributed by atoms with van der Waals surface area (Å²) >= 11 is 0. The molecule has 0 spiro atoms. The molecule has 0 radical (unpaired) electrons. The van der Waals surface area contributed by atoms with Gasteiger partial charge in [0, 0.05) is 36.0 Å². The summed E-state index contributed by atoms with van der Waals surface area (Å²) in [5, 5.41) is 4.11. The number of aromatic nitrogens is 2. The minimum atomic E-state index is 0.416. The van der Waals surface area contributed by atoms with Crippen molar-refractivity contribution in [2.45, 2.75) is 0 Å². The molecule has 1 fully saturated rings. The van der Waals surface area contributed by atoms with Crippen molar-refractivity contribution in [1.29, 1.82) is 0 Å². The first-order valence-electron chi connectivity index (χ1n) is 8.77. The van der Waals surface area contributed by atoms with Crippen LogP contribution in [0.2, 0.25) is 0 Å². The lowest BCUT2D eigenvalue weighted by atomic mass is 10.1. The van der Waals surface area contributed by atoms with Gasteiger partial charge < -0.3 is 23.6 Å². The maximum Gasteiger partial charge on any atom is 0.258 e. The molecule has 1 aliphatic rings. The Hall–Kier alpha value is -3.06. The molecule has 2 heterocycles. The average molecular weight is 367 g/mol. The van der Waals surface area contributed by atoms with Crippen LogP contribution in [-0.2, 0) is 4.74 Å². The van der Waals surface area contributed by atoms with Crippen LogP contribution in [0.5, 0.6) is 11.5 Å². The van der Waals surface area contributed by atoms with Gasteiger partial charge in [0.1, 0.15) is 11.5 Å². The van der Waals surface area contributed by atoms with Crippen molar-refractivity contribution < 1.29 is 18.7 Å². The molecule has 0 unspecified atom stereocenters. The van der Waals surface area contributed by atoms with Crippen LogP contribution in [0.4, 0.5) is 5.69 Å². The lowest BCUT2D eigenvalue weighted by molar-refractivity contribution is 0.122. The standard InChI is InChI=1S/C20H21N3O4/c1-24-17-11-15(12-18(13-17)25-2)20-21-19(22-27-20)14-3-5-16(6-4-14)23-7-9-26-10-8-23/h3-6,11-13H,7-10H2,1-2H3. The average Bonchev–Trinajstić information content (AvgIpc) is 3.24. The van der Waals surface area contributed by atoms with Crippen molar-refractivity contribution in [3.63, 3.8) is 0 Å². The maximum absolute atomic E-state index is 5.45. The van der Waals surface area contributed by atoms with Gasteiger partial charge in [-0.1, -0.05) is 5.16 Å². The third-order valence-electron chi connectivity index (χ3n) is 4.53. The van der Waals surface area contributed by atoms with Gasteiger partial charge in [-0.05, 0) is 36.4 Å². The van der Waals surface area contributed by atoms with Gasteiger partial charge in [0.2, 0.25) is 5.82 Å². The fourth-order valence-corrected chi connectivity index (χ4v) is 3.03. The largest absolute Gasteiger partial charge is 0.497 e. The van der Waals surface area contributed by atoms with E-state index in [0.717, 1.165) is 37.4 Å². The van der Waals surface area contributed by atoms with E-state index in [9.17, 15) is 0 Å². The van der Waals surface area contributed by atoms with Crippen molar-refractivity contribution in [2.75, 3.05) is 45.4 Å². The summed E-state index contributed by atoms with van der Waals surface area (Å²) in [5.41, 5.74) is 2.81. The topological polar surface area (TPSA) is 69.9 Å². The van der Waals surface area contributed by atoms with Gasteiger partial charge in [0.25, 0.3) is 5.89 Å². The molecule has 3 aromatic rings. The molecule has 0 atom stereocenters. The molecule has 4 rings (SSSR count). The van der Waals surface area contributed by atoms with Crippen molar-refractivity contribution in [1.82, 2.24) is 10.1 Å². The highest BCUT2D eigenvalue weighted by Gasteiger charge is 2.15.